The Morgan fingerprint density at radius 2 is 1.93 bits per heavy atom. The highest BCUT2D eigenvalue weighted by Gasteiger charge is 2.33. The zero-order valence-corrected chi connectivity index (χ0v) is 19.5. The van der Waals surface area contributed by atoms with Crippen LogP contribution >= 0.6 is 15.9 Å². The van der Waals surface area contributed by atoms with Crippen molar-refractivity contribution in [3.63, 3.8) is 0 Å². The van der Waals surface area contributed by atoms with Crippen LogP contribution < -0.4 is 4.90 Å². The zero-order valence-electron chi connectivity index (χ0n) is 17.1. The fourth-order valence-electron chi connectivity index (χ4n) is 4.05. The van der Waals surface area contributed by atoms with Gasteiger partial charge in [0.25, 0.3) is 0 Å². The molecule has 0 radical (unpaired) electrons. The first-order valence-corrected chi connectivity index (χ1v) is 12.4. The van der Waals surface area contributed by atoms with Crippen molar-refractivity contribution in [2.75, 3.05) is 17.7 Å². The van der Waals surface area contributed by atoms with Crippen molar-refractivity contribution in [2.45, 2.75) is 25.6 Å². The van der Waals surface area contributed by atoms with Crippen molar-refractivity contribution < 1.29 is 8.42 Å². The highest BCUT2D eigenvalue weighted by molar-refractivity contribution is 9.10. The number of halogens is 1. The molecule has 0 fully saturated rings. The lowest BCUT2D eigenvalue weighted by atomic mass is 10.1. The van der Waals surface area contributed by atoms with Crippen LogP contribution in [0.2, 0.25) is 0 Å². The number of sulfonamides is 1. The van der Waals surface area contributed by atoms with Crippen molar-refractivity contribution in [2.24, 2.45) is 7.05 Å². The highest BCUT2D eigenvalue weighted by Crippen LogP contribution is 2.33. The molecule has 8 heteroatoms. The van der Waals surface area contributed by atoms with Crippen molar-refractivity contribution in [3.8, 4) is 0 Å². The number of fused-ring (bicyclic) bond motifs is 1. The van der Waals surface area contributed by atoms with Gasteiger partial charge in [-0.15, -0.1) is 0 Å². The molecule has 1 aliphatic heterocycles. The van der Waals surface area contributed by atoms with Gasteiger partial charge in [0.15, 0.2) is 0 Å². The lowest BCUT2D eigenvalue weighted by Gasteiger charge is -2.31. The molecule has 30 heavy (non-hydrogen) atoms. The van der Waals surface area contributed by atoms with Gasteiger partial charge in [-0.1, -0.05) is 46.3 Å². The second kappa shape index (κ2) is 8.53. The molecule has 0 saturated carbocycles. The minimum atomic E-state index is -3.39. The summed E-state index contributed by atoms with van der Waals surface area (Å²) >= 11 is 3.55. The number of benzene rings is 2. The molecule has 3 aromatic rings. The molecule has 0 spiro atoms. The largest absolute Gasteiger partial charge is 0.364 e. The van der Waals surface area contributed by atoms with Gasteiger partial charge in [0.1, 0.15) is 0 Å². The predicted octanol–water partition coefficient (Wildman–Crippen LogP) is 3.58. The Kier molecular flexibility index (Phi) is 5.99. The summed E-state index contributed by atoms with van der Waals surface area (Å²) < 4.78 is 30.2. The number of anilines is 1. The second-order valence-corrected chi connectivity index (χ2v) is 10.7. The summed E-state index contributed by atoms with van der Waals surface area (Å²) in [5, 5.41) is 0. The smallest absolute Gasteiger partial charge is 0.211 e. The number of hydrogen-bond acceptors (Lipinski definition) is 4. The minimum absolute atomic E-state index is 0.179. The van der Waals surface area contributed by atoms with Crippen molar-refractivity contribution in [1.82, 2.24) is 13.9 Å². The first kappa shape index (κ1) is 21.1. The first-order valence-electron chi connectivity index (χ1n) is 9.80. The van der Waals surface area contributed by atoms with Gasteiger partial charge in [-0.2, -0.15) is 4.31 Å². The van der Waals surface area contributed by atoms with Crippen LogP contribution in [0.15, 0.2) is 65.5 Å². The Balaban J connectivity index is 1.77. The number of nitrogens with zero attached hydrogens (tertiary/aromatic N) is 4. The van der Waals surface area contributed by atoms with Gasteiger partial charge in [-0.25, -0.2) is 13.4 Å². The van der Waals surface area contributed by atoms with Crippen LogP contribution in [0.4, 0.5) is 5.69 Å². The summed E-state index contributed by atoms with van der Waals surface area (Å²) in [5.74, 6) is 0. The van der Waals surface area contributed by atoms with Gasteiger partial charge in [0, 0.05) is 42.5 Å². The molecule has 2 aromatic carbocycles. The van der Waals surface area contributed by atoms with Gasteiger partial charge < -0.3 is 9.47 Å². The lowest BCUT2D eigenvalue weighted by Crippen LogP contribution is -2.45. The number of aromatic nitrogens is 2. The third kappa shape index (κ3) is 4.61. The van der Waals surface area contributed by atoms with E-state index in [2.05, 4.69) is 44.0 Å². The van der Waals surface area contributed by atoms with Crippen LogP contribution in [0.1, 0.15) is 16.8 Å². The minimum Gasteiger partial charge on any atom is -0.364 e. The molecule has 158 valence electrons. The molecule has 1 aliphatic rings. The molecule has 0 saturated heterocycles. The molecular formula is C22H25BrN4O2S. The van der Waals surface area contributed by atoms with Crippen molar-refractivity contribution >= 4 is 31.6 Å². The van der Waals surface area contributed by atoms with E-state index in [-0.39, 0.29) is 6.04 Å². The number of imidazole rings is 1. The van der Waals surface area contributed by atoms with Crippen LogP contribution in [0, 0.1) is 0 Å². The number of hydrogen-bond donors (Lipinski definition) is 0. The van der Waals surface area contributed by atoms with Gasteiger partial charge in [0.05, 0.1) is 24.8 Å². The van der Waals surface area contributed by atoms with Crippen LogP contribution in [0.5, 0.6) is 0 Å². The molecular weight excluding hydrogens is 464 g/mol. The van der Waals surface area contributed by atoms with Gasteiger partial charge >= 0.3 is 0 Å². The number of rotatable bonds is 5. The molecule has 0 amide bonds. The maximum Gasteiger partial charge on any atom is 0.211 e. The average Bonchev–Trinajstić information content (AvgIpc) is 3.02. The Labute approximate surface area is 186 Å². The summed E-state index contributed by atoms with van der Waals surface area (Å²) in [7, 11) is -1.41. The maximum atomic E-state index is 12.8. The molecule has 0 bridgehead atoms. The molecule has 1 aromatic heterocycles. The van der Waals surface area contributed by atoms with Crippen molar-refractivity contribution in [3.05, 3.63) is 82.3 Å². The topological polar surface area (TPSA) is 58.4 Å². The van der Waals surface area contributed by atoms with E-state index in [4.69, 9.17) is 0 Å². The van der Waals surface area contributed by atoms with Crippen LogP contribution in [-0.2, 0) is 36.6 Å². The van der Waals surface area contributed by atoms with E-state index < -0.39 is 10.0 Å². The highest BCUT2D eigenvalue weighted by atomic mass is 79.9. The fourth-order valence-corrected chi connectivity index (χ4v) is 5.52. The molecule has 0 aliphatic carbocycles. The third-order valence-electron chi connectivity index (χ3n) is 5.56. The van der Waals surface area contributed by atoms with Gasteiger partial charge in [-0.3, -0.25) is 0 Å². The number of aryl methyl sites for hydroxylation is 1. The Morgan fingerprint density at radius 3 is 2.60 bits per heavy atom. The summed E-state index contributed by atoms with van der Waals surface area (Å²) in [6.45, 7) is 1.61. The quantitative estimate of drug-likeness (QED) is 0.550. The molecule has 0 N–H and O–H groups in total. The van der Waals surface area contributed by atoms with E-state index in [0.717, 1.165) is 27.0 Å². The Morgan fingerprint density at radius 1 is 1.17 bits per heavy atom. The van der Waals surface area contributed by atoms with E-state index >= 15 is 0 Å². The van der Waals surface area contributed by atoms with Crippen LogP contribution in [0.3, 0.4) is 0 Å². The standard InChI is InChI=1S/C22H25BrN4O2S/c1-25-16-24-12-21(25)15-26-14-20(10-17-6-4-3-5-7-17)27(30(2,28)29)13-18-11-19(23)8-9-22(18)26/h3-9,11-12,16,20H,10,13-15H2,1-2H3/t20-/m1/s1. The molecule has 4 rings (SSSR count). The van der Waals surface area contributed by atoms with E-state index in [0.29, 0.717) is 26.1 Å². The predicted molar refractivity (Wildman–Crippen MR) is 123 cm³/mol. The monoisotopic (exact) mass is 488 g/mol. The van der Waals surface area contributed by atoms with Crippen LogP contribution in [-0.4, -0.2) is 41.1 Å². The van der Waals surface area contributed by atoms with Crippen molar-refractivity contribution in [1.29, 1.82) is 0 Å². The third-order valence-corrected chi connectivity index (χ3v) is 7.33. The van der Waals surface area contributed by atoms with Crippen LogP contribution in [0.25, 0.3) is 0 Å². The summed E-state index contributed by atoms with van der Waals surface area (Å²) in [4.78, 5) is 6.52. The van der Waals surface area contributed by atoms with E-state index in [1.807, 2.05) is 48.1 Å². The molecule has 1 atom stereocenters. The first-order chi connectivity index (χ1) is 14.3. The Bertz CT molecular complexity index is 1130. The molecule has 0 unspecified atom stereocenters. The molecule has 2 heterocycles. The van der Waals surface area contributed by atoms with Gasteiger partial charge in [0.2, 0.25) is 10.0 Å². The average molecular weight is 489 g/mol. The summed E-state index contributed by atoms with van der Waals surface area (Å²) in [6.07, 6.45) is 5.62. The fraction of sp³-hybridized carbons (Fsp3) is 0.318. The summed E-state index contributed by atoms with van der Waals surface area (Å²) in [6, 6.07) is 16.0. The SMILES string of the molecule is Cn1cncc1CN1C[C@@H](Cc2ccccc2)N(S(C)(=O)=O)Cc2cc(Br)ccc21. The zero-order chi connectivity index (χ0) is 21.3. The normalized spacial score (nSPS) is 17.6. The van der Waals surface area contributed by atoms with E-state index in [1.165, 1.54) is 6.26 Å². The van der Waals surface area contributed by atoms with E-state index in [1.54, 1.807) is 10.6 Å². The maximum absolute atomic E-state index is 12.8. The van der Waals surface area contributed by atoms with E-state index in [9.17, 15) is 8.42 Å². The van der Waals surface area contributed by atoms with Gasteiger partial charge in [-0.05, 0) is 35.7 Å². The molecule has 6 nitrogen and oxygen atoms in total. The Hall–Kier alpha value is -2.16. The second-order valence-electron chi connectivity index (χ2n) is 7.80. The lowest BCUT2D eigenvalue weighted by molar-refractivity contribution is 0.320. The summed E-state index contributed by atoms with van der Waals surface area (Å²) in [5.41, 5.74) is 4.26.